The number of aryl methyl sites for hydroxylation is 1. The maximum absolute atomic E-state index is 9.12. The summed E-state index contributed by atoms with van der Waals surface area (Å²) in [5.41, 5.74) is 5.91. The molecule has 0 atom stereocenters. The van der Waals surface area contributed by atoms with Crippen molar-refractivity contribution in [3.05, 3.63) is 17.4 Å². The van der Waals surface area contributed by atoms with E-state index >= 15 is 0 Å². The summed E-state index contributed by atoms with van der Waals surface area (Å²) in [6.07, 6.45) is 2.42. The summed E-state index contributed by atoms with van der Waals surface area (Å²) in [6.45, 7) is 0. The van der Waals surface area contributed by atoms with E-state index in [0.29, 0.717) is 16.8 Å². The third-order valence-corrected chi connectivity index (χ3v) is 2.00. The fourth-order valence-corrected chi connectivity index (χ4v) is 1.23. The van der Waals surface area contributed by atoms with Crippen molar-refractivity contribution >= 4 is 23.4 Å². The molecule has 0 aromatic carbocycles. The molecule has 1 aromatic heterocycles. The first kappa shape index (κ1) is 10.6. The summed E-state index contributed by atoms with van der Waals surface area (Å²) in [6, 6.07) is 1.56. The maximum atomic E-state index is 9.12. The van der Waals surface area contributed by atoms with E-state index in [1.54, 1.807) is 11.4 Å². The summed E-state index contributed by atoms with van der Waals surface area (Å²) >= 11 is 4.69. The van der Waals surface area contributed by atoms with Crippen molar-refractivity contribution in [2.45, 2.75) is 19.3 Å². The molecule has 0 amide bonds. The lowest BCUT2D eigenvalue weighted by Gasteiger charge is -2.04. The second-order valence-corrected chi connectivity index (χ2v) is 3.20. The highest BCUT2D eigenvalue weighted by Crippen LogP contribution is 2.03. The molecule has 0 saturated heterocycles. The summed E-state index contributed by atoms with van der Waals surface area (Å²) in [5, 5.41) is 18.1. The number of anilines is 1. The van der Waals surface area contributed by atoms with Gasteiger partial charge in [-0.1, -0.05) is 12.2 Å². The second-order valence-electron chi connectivity index (χ2n) is 2.87. The normalized spacial score (nSPS) is 10.0. The molecular formula is C8H12N4OS. The van der Waals surface area contributed by atoms with Crippen molar-refractivity contribution in [1.82, 2.24) is 9.71 Å². The van der Waals surface area contributed by atoms with Crippen molar-refractivity contribution < 1.29 is 5.21 Å². The van der Waals surface area contributed by atoms with E-state index in [-0.39, 0.29) is 11.4 Å². The van der Waals surface area contributed by atoms with Gasteiger partial charge in [-0.25, -0.2) is 4.98 Å². The van der Waals surface area contributed by atoms with Crippen LogP contribution in [0.3, 0.4) is 0 Å². The predicted molar refractivity (Wildman–Crippen MR) is 56.3 cm³/mol. The Hall–Kier alpha value is -1.43. The van der Waals surface area contributed by atoms with Crippen LogP contribution < -0.4 is 11.4 Å². The standard InChI is InChI=1S/C8H12N4OS/c9-7-5-6(3-1-2-4-14)11-8(10)12(7)13/h4-5,10,13H,1-3,9H2. The van der Waals surface area contributed by atoms with Crippen LogP contribution in [0.5, 0.6) is 0 Å². The van der Waals surface area contributed by atoms with Crippen molar-refractivity contribution in [1.29, 1.82) is 5.41 Å². The topological polar surface area (TPSA) is 87.9 Å². The van der Waals surface area contributed by atoms with Gasteiger partial charge in [-0.2, -0.15) is 0 Å². The molecule has 1 aromatic rings. The lowest BCUT2D eigenvalue weighted by Crippen LogP contribution is -2.24. The third kappa shape index (κ3) is 2.53. The largest absolute Gasteiger partial charge is 0.423 e. The zero-order chi connectivity index (χ0) is 10.6. The molecular weight excluding hydrogens is 200 g/mol. The molecule has 14 heavy (non-hydrogen) atoms. The lowest BCUT2D eigenvalue weighted by atomic mass is 10.2. The SMILES string of the molecule is N=c1nc(CCCC=S)cc(N)n1O. The summed E-state index contributed by atoms with van der Waals surface area (Å²) in [5.74, 6) is 0.127. The van der Waals surface area contributed by atoms with Crippen LogP contribution in [0.1, 0.15) is 18.5 Å². The van der Waals surface area contributed by atoms with Gasteiger partial charge in [0.15, 0.2) is 0 Å². The quantitative estimate of drug-likeness (QED) is 0.385. The van der Waals surface area contributed by atoms with Crippen molar-refractivity contribution in [2.75, 3.05) is 5.73 Å². The highest BCUT2D eigenvalue weighted by Gasteiger charge is 2.01. The zero-order valence-corrected chi connectivity index (χ0v) is 8.42. The minimum absolute atomic E-state index is 0.127. The molecule has 0 radical (unpaired) electrons. The van der Waals surface area contributed by atoms with Gasteiger partial charge in [-0.15, -0.1) is 4.73 Å². The summed E-state index contributed by atoms with van der Waals surface area (Å²) < 4.78 is 0.544. The van der Waals surface area contributed by atoms with Crippen molar-refractivity contribution in [2.24, 2.45) is 0 Å². The van der Waals surface area contributed by atoms with Crippen molar-refractivity contribution in [3.63, 3.8) is 0 Å². The Balaban J connectivity index is 2.79. The number of unbranched alkanes of at least 4 members (excludes halogenated alkanes) is 1. The predicted octanol–water partition coefficient (Wildman–Crippen LogP) is 0.504. The van der Waals surface area contributed by atoms with Gasteiger partial charge >= 0.3 is 0 Å². The maximum Gasteiger partial charge on any atom is 0.257 e. The number of thiocarbonyl (C=S) groups is 1. The van der Waals surface area contributed by atoms with E-state index < -0.39 is 0 Å². The first-order valence-corrected chi connectivity index (χ1v) is 4.68. The van der Waals surface area contributed by atoms with Gasteiger partial charge in [-0.05, 0) is 24.6 Å². The lowest BCUT2D eigenvalue weighted by molar-refractivity contribution is 0.171. The van der Waals surface area contributed by atoms with Gasteiger partial charge in [0.25, 0.3) is 5.62 Å². The number of hydrogen-bond acceptors (Lipinski definition) is 5. The Labute approximate surface area is 86.7 Å². The molecule has 76 valence electrons. The van der Waals surface area contributed by atoms with Crippen LogP contribution in [-0.2, 0) is 6.42 Å². The van der Waals surface area contributed by atoms with E-state index in [4.69, 9.17) is 16.4 Å². The first-order chi connectivity index (χ1) is 6.65. The van der Waals surface area contributed by atoms with Gasteiger partial charge < -0.3 is 10.9 Å². The molecule has 0 fully saturated rings. The average Bonchev–Trinajstić information content (AvgIpc) is 2.14. The molecule has 0 aliphatic carbocycles. The summed E-state index contributed by atoms with van der Waals surface area (Å²) in [4.78, 5) is 3.86. The molecule has 0 aliphatic heterocycles. The van der Waals surface area contributed by atoms with Gasteiger partial charge in [0.2, 0.25) is 0 Å². The number of nitrogens with two attached hydrogens (primary N) is 1. The van der Waals surface area contributed by atoms with E-state index in [9.17, 15) is 0 Å². The Bertz CT molecular complexity index is 387. The Morgan fingerprint density at radius 2 is 2.43 bits per heavy atom. The smallest absolute Gasteiger partial charge is 0.257 e. The number of nitrogens with zero attached hydrogens (tertiary/aromatic N) is 2. The molecule has 0 bridgehead atoms. The van der Waals surface area contributed by atoms with Crippen molar-refractivity contribution in [3.8, 4) is 0 Å². The second kappa shape index (κ2) is 4.71. The zero-order valence-electron chi connectivity index (χ0n) is 7.60. The van der Waals surface area contributed by atoms with Gasteiger partial charge in [0, 0.05) is 11.8 Å². The monoisotopic (exact) mass is 212 g/mol. The van der Waals surface area contributed by atoms with E-state index in [1.165, 1.54) is 0 Å². The molecule has 0 aliphatic rings. The highest BCUT2D eigenvalue weighted by molar-refractivity contribution is 7.78. The highest BCUT2D eigenvalue weighted by atomic mass is 32.1. The van der Waals surface area contributed by atoms with Crippen LogP contribution in [0.2, 0.25) is 0 Å². The molecule has 6 heteroatoms. The molecule has 1 rings (SSSR count). The van der Waals surface area contributed by atoms with Gasteiger partial charge in [0.05, 0.1) is 0 Å². The first-order valence-electron chi connectivity index (χ1n) is 4.21. The summed E-state index contributed by atoms with van der Waals surface area (Å²) in [7, 11) is 0. The molecule has 0 saturated carbocycles. The Morgan fingerprint density at radius 3 is 3.00 bits per heavy atom. The molecule has 0 spiro atoms. The Morgan fingerprint density at radius 1 is 1.71 bits per heavy atom. The van der Waals surface area contributed by atoms with Crippen LogP contribution in [0, 0.1) is 5.41 Å². The van der Waals surface area contributed by atoms with Crippen LogP contribution in [0.15, 0.2) is 6.07 Å². The van der Waals surface area contributed by atoms with Crippen LogP contribution >= 0.6 is 12.2 Å². The van der Waals surface area contributed by atoms with E-state index in [0.717, 1.165) is 12.8 Å². The third-order valence-electron chi connectivity index (χ3n) is 1.76. The van der Waals surface area contributed by atoms with E-state index in [1.807, 2.05) is 0 Å². The number of aromatic nitrogens is 2. The average molecular weight is 212 g/mol. The Kier molecular flexibility index (Phi) is 3.58. The van der Waals surface area contributed by atoms with Crippen LogP contribution in [0.25, 0.3) is 0 Å². The van der Waals surface area contributed by atoms with Crippen LogP contribution in [-0.4, -0.2) is 20.3 Å². The fourth-order valence-electron chi connectivity index (χ4n) is 1.06. The van der Waals surface area contributed by atoms with Gasteiger partial charge in [0.1, 0.15) is 5.82 Å². The fraction of sp³-hybridized carbons (Fsp3) is 0.375. The minimum atomic E-state index is -0.248. The number of hydrogen-bond donors (Lipinski definition) is 3. The van der Waals surface area contributed by atoms with Gasteiger partial charge in [-0.3, -0.25) is 5.41 Å². The number of nitrogen functional groups attached to an aromatic ring is 1. The van der Waals surface area contributed by atoms with E-state index in [2.05, 4.69) is 17.2 Å². The number of rotatable bonds is 4. The minimum Gasteiger partial charge on any atom is -0.423 e. The molecule has 4 N–H and O–H groups in total. The molecule has 5 nitrogen and oxygen atoms in total. The molecule has 0 unspecified atom stereocenters. The van der Waals surface area contributed by atoms with Crippen LogP contribution in [0.4, 0.5) is 5.82 Å². The molecule has 1 heterocycles. The number of nitrogens with one attached hydrogen (secondary N) is 1.